The fourth-order valence-corrected chi connectivity index (χ4v) is 16.3. The number of hydrogen-bond donors (Lipinski definition) is 0. The summed E-state index contributed by atoms with van der Waals surface area (Å²) in [6, 6.07) is 38.4. The molecule has 0 aliphatic heterocycles. The maximum atomic E-state index is 10.3. The molecule has 0 atom stereocenters. The molecule has 90 heavy (non-hydrogen) atoms. The summed E-state index contributed by atoms with van der Waals surface area (Å²) in [7, 11) is 0. The van der Waals surface area contributed by atoms with Crippen molar-refractivity contribution in [2.24, 2.45) is 0 Å². The van der Waals surface area contributed by atoms with Crippen molar-refractivity contribution >= 4 is 124 Å². The number of fused-ring (bicyclic) bond motifs is 12. The van der Waals surface area contributed by atoms with Gasteiger partial charge in [0.05, 0.1) is 56.4 Å². The van der Waals surface area contributed by atoms with E-state index in [9.17, 15) is 31.6 Å². The molecule has 0 spiro atoms. The Labute approximate surface area is 554 Å². The van der Waals surface area contributed by atoms with Crippen LogP contribution in [-0.2, 0) is 32.5 Å². The molecule has 0 saturated heterocycles. The molecule has 0 unspecified atom stereocenters. The summed E-state index contributed by atoms with van der Waals surface area (Å²) in [5.74, 6) is 2.62. The van der Waals surface area contributed by atoms with Crippen LogP contribution in [0.5, 0.6) is 34.5 Å². The van der Waals surface area contributed by atoms with Gasteiger partial charge in [-0.05, 0) is 139 Å². The Morgan fingerprint density at radius 3 is 0.400 bits per heavy atom. The summed E-state index contributed by atoms with van der Waals surface area (Å²) in [5.41, 5.74) is 3.31. The van der Waals surface area contributed by atoms with E-state index in [0.29, 0.717) is 90.9 Å². The number of ether oxygens (including phenoxy) is 6. The van der Waals surface area contributed by atoms with Crippen molar-refractivity contribution in [2.75, 3.05) is 39.6 Å². The highest BCUT2D eigenvalue weighted by atomic mass is 32.1. The smallest absolute Gasteiger partial charge is 0.174 e. The largest absolute Gasteiger partial charge is 0.476 e. The van der Waals surface area contributed by atoms with Gasteiger partial charge in [0.1, 0.15) is 36.4 Å². The first kappa shape index (κ1) is 69.8. The van der Waals surface area contributed by atoms with E-state index in [0.717, 1.165) is 33.4 Å². The van der Waals surface area contributed by atoms with Crippen molar-refractivity contribution in [1.29, 1.82) is 31.6 Å². The molecule has 0 N–H and O–H groups in total. The second-order valence-corrected chi connectivity index (χ2v) is 34.1. The van der Waals surface area contributed by atoms with Gasteiger partial charge in [-0.15, -0.1) is 68.0 Å². The third-order valence-electron chi connectivity index (χ3n) is 14.3. The van der Waals surface area contributed by atoms with E-state index in [1.54, 1.807) is 0 Å². The Balaban J connectivity index is 2.04. The van der Waals surface area contributed by atoms with E-state index < -0.39 is 32.5 Å². The Morgan fingerprint density at radius 2 is 0.322 bits per heavy atom. The van der Waals surface area contributed by atoms with Crippen LogP contribution in [0.25, 0.3) is 56.4 Å². The zero-order chi connectivity index (χ0) is 66.3. The van der Waals surface area contributed by atoms with E-state index in [-0.39, 0.29) is 39.6 Å². The predicted octanol–water partition coefficient (Wildman–Crippen LogP) is 21.2. The van der Waals surface area contributed by atoms with Crippen LogP contribution in [-0.4, -0.2) is 39.6 Å². The van der Waals surface area contributed by atoms with Crippen LogP contribution in [0.2, 0.25) is 0 Å². The van der Waals surface area contributed by atoms with Gasteiger partial charge in [-0.3, -0.25) is 0 Å². The molecule has 0 aliphatic rings. The van der Waals surface area contributed by atoms with Gasteiger partial charge in [-0.2, -0.15) is 31.6 Å². The number of hydrogen-bond acceptors (Lipinski definition) is 18. The Morgan fingerprint density at radius 1 is 0.222 bits per heavy atom. The van der Waals surface area contributed by atoms with E-state index in [1.165, 1.54) is 68.0 Å². The maximum Gasteiger partial charge on any atom is 0.174 e. The van der Waals surface area contributed by atoms with Gasteiger partial charge in [-0.1, -0.05) is 125 Å². The average molecular weight is 1320 g/mol. The van der Waals surface area contributed by atoms with Crippen molar-refractivity contribution in [2.45, 2.75) is 157 Å². The lowest BCUT2D eigenvalue weighted by Gasteiger charge is -2.22. The zero-order valence-electron chi connectivity index (χ0n) is 54.8. The summed E-state index contributed by atoms with van der Waals surface area (Å²) in [6.45, 7) is 36.8. The van der Waals surface area contributed by atoms with Crippen LogP contribution in [0, 0.1) is 68.0 Å². The minimum atomic E-state index is -0.414. The molecule has 12 bridgehead atoms. The molecule has 0 saturated carbocycles. The molecule has 18 heteroatoms. The maximum absolute atomic E-state index is 10.3. The molecule has 0 fully saturated rings. The molecule has 0 aliphatic carbocycles. The van der Waals surface area contributed by atoms with Gasteiger partial charge >= 0.3 is 0 Å². The average Bonchev–Trinajstić information content (AvgIpc) is 0.799. The summed E-state index contributed by atoms with van der Waals surface area (Å²) in [5, 5.41) is 61.8. The molecule has 1 heterocycles. The van der Waals surface area contributed by atoms with Gasteiger partial charge in [0.2, 0.25) is 0 Å². The molecule has 12 nitrogen and oxygen atoms in total. The third-order valence-corrected chi connectivity index (χ3v) is 20.6. The van der Waals surface area contributed by atoms with Crippen molar-refractivity contribution < 1.29 is 28.4 Å². The molecule has 7 aromatic rings. The van der Waals surface area contributed by atoms with E-state index in [2.05, 4.69) is 234 Å². The van der Waals surface area contributed by atoms with Crippen LogP contribution >= 0.6 is 68.0 Å². The predicted molar refractivity (Wildman–Crippen MR) is 377 cm³/mol. The summed E-state index contributed by atoms with van der Waals surface area (Å²) < 4.78 is 48.0. The minimum absolute atomic E-state index is 0.281. The molecule has 0 radical (unpaired) electrons. The van der Waals surface area contributed by atoms with E-state index in [4.69, 9.17) is 28.4 Å². The third kappa shape index (κ3) is 17.0. The lowest BCUT2D eigenvalue weighted by molar-refractivity contribution is 0.377. The Bertz CT molecular complexity index is 3580. The monoisotopic (exact) mass is 1310 g/mol. The summed E-state index contributed by atoms with van der Waals surface area (Å²) >= 11 is 8.48. The lowest BCUT2D eigenvalue weighted by atomic mass is 9.87. The molecule has 468 valence electrons. The normalized spacial score (nSPS) is 11.9. The molecule has 0 amide bonds. The van der Waals surface area contributed by atoms with Crippen LogP contribution in [0.15, 0.2) is 72.8 Å². The Kier molecular flexibility index (Phi) is 21.9. The number of rotatable bonds is 12. The number of benzene rings is 6. The van der Waals surface area contributed by atoms with Crippen LogP contribution in [0.1, 0.15) is 158 Å². The van der Waals surface area contributed by atoms with Crippen molar-refractivity contribution in [3.8, 4) is 70.9 Å². The summed E-state index contributed by atoms with van der Waals surface area (Å²) in [6.07, 6.45) is 0. The topological polar surface area (TPSA) is 198 Å². The summed E-state index contributed by atoms with van der Waals surface area (Å²) in [4.78, 5) is 0. The second-order valence-electron chi connectivity index (χ2n) is 27.6. The van der Waals surface area contributed by atoms with Gasteiger partial charge in [0.25, 0.3) is 0 Å². The van der Waals surface area contributed by atoms with Crippen LogP contribution in [0.3, 0.4) is 0 Å². The fraction of sp³-hybridized carbons (Fsp3) is 0.417. The standard InChI is InChI=1S/C72H78N6O6S6/c1-67(2,3)43-31-49-61(79-25-19-73)50(32-43)86-52-34-45(69(7,8)9)36-54(63(52)81-27-21-75)88-56-38-47(71(13,14)15)40-58(65(56)83-29-23-77)90-60-42-48(72(16,17)18)41-59(66(60)84-30-24-78)89-57-39-46(70(10,11)12)37-55(64(57)82-28-22-76)87-53-35-44(68(4,5)6)33-51(85-49)62(53)80-26-20-74/h31-42H,25-30H2,1-18H3. The zero-order valence-corrected chi connectivity index (χ0v) is 59.7. The number of nitriles is 6. The highest BCUT2D eigenvalue weighted by Gasteiger charge is 2.26. The quantitative estimate of drug-likeness (QED) is 0.112. The minimum Gasteiger partial charge on any atom is -0.476 e. The molecular formula is C72H78N6O6S6. The first-order valence-corrected chi connectivity index (χ1v) is 34.2. The van der Waals surface area contributed by atoms with E-state index in [1.807, 2.05) is 0 Å². The Hall–Kier alpha value is -7.62. The van der Waals surface area contributed by atoms with Crippen molar-refractivity contribution in [3.05, 3.63) is 106 Å². The second kappa shape index (κ2) is 28.3. The fourth-order valence-electron chi connectivity index (χ4n) is 9.16. The van der Waals surface area contributed by atoms with Gasteiger partial charge in [0, 0.05) is 0 Å². The van der Waals surface area contributed by atoms with Crippen molar-refractivity contribution in [1.82, 2.24) is 0 Å². The first-order chi connectivity index (χ1) is 42.1. The molecule has 6 aromatic carbocycles. The van der Waals surface area contributed by atoms with Crippen LogP contribution in [0.4, 0.5) is 0 Å². The lowest BCUT2D eigenvalue weighted by Crippen LogP contribution is -2.11. The SMILES string of the molecule is CC(C)(C)c1cc2sc3cc(C(C)(C)C)cc(sc4cc(C(C)(C)C)cc(sc5cc(C(C)(C)C)cc(sc6cc(C(C)(C)C)cc(sc7cc(C(C)(C)C)cc(sc(c1)c2OCC#N)c7OCC#N)c6OCC#N)c5OCC#N)c4OCC#N)c3OCC#N. The van der Waals surface area contributed by atoms with Gasteiger partial charge < -0.3 is 28.4 Å². The first-order valence-electron chi connectivity index (χ1n) is 29.3. The molecule has 1 aromatic heterocycles. The van der Waals surface area contributed by atoms with Gasteiger partial charge in [-0.25, -0.2) is 0 Å². The molecular weight excluding hydrogens is 1240 g/mol. The highest BCUT2D eigenvalue weighted by Crippen LogP contribution is 2.49. The molecule has 7 rings (SSSR count). The number of nitrogens with zero attached hydrogens (tertiary/aromatic N) is 6. The van der Waals surface area contributed by atoms with Gasteiger partial charge in [0.15, 0.2) is 74.1 Å². The van der Waals surface area contributed by atoms with E-state index >= 15 is 0 Å². The highest BCUT2D eigenvalue weighted by molar-refractivity contribution is 7.29. The van der Waals surface area contributed by atoms with Crippen LogP contribution < -0.4 is 28.4 Å². The van der Waals surface area contributed by atoms with Crippen molar-refractivity contribution in [3.63, 3.8) is 0 Å².